The Bertz CT molecular complexity index is 2100. The van der Waals surface area contributed by atoms with Crippen molar-refractivity contribution < 1.29 is 33.1 Å². The van der Waals surface area contributed by atoms with E-state index in [9.17, 15) is 19.2 Å². The second-order valence-corrected chi connectivity index (χ2v) is 14.9. The number of thiocarbonyl (C=S) groups is 2. The van der Waals surface area contributed by atoms with Crippen molar-refractivity contribution in [3.8, 4) is 22.6 Å². The number of nitrogens with one attached hydrogen (secondary N) is 2. The lowest BCUT2D eigenvalue weighted by molar-refractivity contribution is -0.116. The van der Waals surface area contributed by atoms with Crippen molar-refractivity contribution >= 4 is 92.4 Å². The Balaban J connectivity index is 0.000000187. The van der Waals surface area contributed by atoms with Crippen LogP contribution in [0.2, 0.25) is 0 Å². The van der Waals surface area contributed by atoms with Crippen LogP contribution in [0, 0.1) is 0 Å². The van der Waals surface area contributed by atoms with Gasteiger partial charge in [-0.25, -0.2) is 4.79 Å². The lowest BCUT2D eigenvalue weighted by atomic mass is 10.1. The highest BCUT2D eigenvalue weighted by molar-refractivity contribution is 8.27. The van der Waals surface area contributed by atoms with E-state index in [4.69, 9.17) is 44.1 Å². The number of carbonyl (C=O) groups excluding carboxylic acids is 3. The largest absolute Gasteiger partial charge is 0.478 e. The molecule has 2 aromatic carbocycles. The van der Waals surface area contributed by atoms with Gasteiger partial charge in [0, 0.05) is 68.1 Å². The lowest BCUT2D eigenvalue weighted by Gasteiger charge is -2.34. The number of hydrogen-bond donors (Lipinski definition) is 4. The summed E-state index contributed by atoms with van der Waals surface area (Å²) >= 11 is 12.3. The summed E-state index contributed by atoms with van der Waals surface area (Å²) in [5, 5.41) is 14.0. The maximum Gasteiger partial charge on any atom is 0.335 e. The van der Waals surface area contributed by atoms with Crippen molar-refractivity contribution in [1.29, 1.82) is 0 Å². The predicted molar refractivity (Wildman–Crippen MR) is 209 cm³/mol. The van der Waals surface area contributed by atoms with Gasteiger partial charge < -0.3 is 35.2 Å². The van der Waals surface area contributed by atoms with Gasteiger partial charge in [-0.3, -0.25) is 19.3 Å². The molecule has 2 aromatic heterocycles. The number of carboxylic acid groups (broad SMARTS) is 1. The molecule has 12 nitrogen and oxygen atoms in total. The molecular weight excluding hydrogens is 743 g/mol. The van der Waals surface area contributed by atoms with Gasteiger partial charge in [-0.05, 0) is 48.5 Å². The van der Waals surface area contributed by atoms with Crippen LogP contribution in [-0.4, -0.2) is 86.5 Å². The van der Waals surface area contributed by atoms with E-state index < -0.39 is 5.97 Å². The first-order valence-corrected chi connectivity index (χ1v) is 18.4. The number of piperazine rings is 1. The summed E-state index contributed by atoms with van der Waals surface area (Å²) in [4.78, 5) is 52.1. The SMILES string of the molecule is NCCN1CCN(C(=O)c2ccc(-c3ccc(/C=C4\SC(=S)NC4=O)o3)cc2)CC1.O=C1NC(=S)S/C1=C\c1ccc(-c2ccc(C(=O)O)cc2)o1. The van der Waals surface area contributed by atoms with Crippen LogP contribution in [0.1, 0.15) is 32.2 Å². The van der Waals surface area contributed by atoms with E-state index in [-0.39, 0.29) is 23.3 Å². The van der Waals surface area contributed by atoms with Gasteiger partial charge in [0.15, 0.2) is 0 Å². The summed E-state index contributed by atoms with van der Waals surface area (Å²) in [6.07, 6.45) is 3.29. The summed E-state index contributed by atoms with van der Waals surface area (Å²) in [6, 6.07) is 20.9. The molecule has 3 fully saturated rings. The Labute approximate surface area is 317 Å². The van der Waals surface area contributed by atoms with Crippen LogP contribution in [-0.2, 0) is 9.59 Å². The van der Waals surface area contributed by atoms with Gasteiger partial charge in [0.05, 0.1) is 15.4 Å². The molecule has 0 saturated carbocycles. The number of carbonyl (C=O) groups is 4. The predicted octanol–water partition coefficient (Wildman–Crippen LogP) is 5.29. The molecule has 3 aliphatic heterocycles. The summed E-state index contributed by atoms with van der Waals surface area (Å²) < 4.78 is 12.4. The zero-order valence-electron chi connectivity index (χ0n) is 27.3. The minimum atomic E-state index is -0.975. The van der Waals surface area contributed by atoms with Gasteiger partial charge in [0.1, 0.15) is 31.7 Å². The minimum absolute atomic E-state index is 0.0408. The molecule has 5 heterocycles. The number of rotatable bonds is 8. The molecule has 5 N–H and O–H groups in total. The number of benzene rings is 2. The summed E-state index contributed by atoms with van der Waals surface area (Å²) in [6.45, 7) is 4.65. The Morgan fingerprint density at radius 2 is 1.19 bits per heavy atom. The number of furan rings is 2. The van der Waals surface area contributed by atoms with E-state index in [1.807, 2.05) is 35.2 Å². The Hall–Kier alpha value is -4.84. The third-order valence-corrected chi connectivity index (χ3v) is 10.3. The fourth-order valence-corrected chi connectivity index (χ4v) is 7.41. The first-order chi connectivity index (χ1) is 25.1. The van der Waals surface area contributed by atoms with Crippen LogP contribution in [0.25, 0.3) is 34.8 Å². The standard InChI is InChI=1S/C21H22N4O3S2.C15H9NO4S2/c22-7-8-24-9-11-25(12-10-24)20(27)15-3-1-14(2-4-15)17-6-5-16(28-17)13-18-19(26)23-21(29)30-18;17-13-12(22-15(21)16-13)7-10-5-6-11(20-10)8-1-3-9(4-2-8)14(18)19/h1-6,13H,7-12,22H2,(H,23,26,29);1-7H,(H,18,19)(H,16,17,21)/b18-13-;12-7-. The average Bonchev–Trinajstić information content (AvgIpc) is 3.94. The number of nitrogens with zero attached hydrogens (tertiary/aromatic N) is 2. The average molecular weight is 774 g/mol. The molecular formula is C36H31N5O7S4. The van der Waals surface area contributed by atoms with E-state index in [1.165, 1.54) is 35.7 Å². The molecule has 0 bridgehead atoms. The normalized spacial score (nSPS) is 17.7. The van der Waals surface area contributed by atoms with Gasteiger partial charge in [-0.15, -0.1) is 0 Å². The molecule has 0 aliphatic carbocycles. The van der Waals surface area contributed by atoms with Gasteiger partial charge in [0.25, 0.3) is 17.7 Å². The molecule has 4 aromatic rings. The highest BCUT2D eigenvalue weighted by Gasteiger charge is 2.24. The van der Waals surface area contributed by atoms with Crippen LogP contribution in [0.3, 0.4) is 0 Å². The Morgan fingerprint density at radius 3 is 1.60 bits per heavy atom. The monoisotopic (exact) mass is 773 g/mol. The quantitative estimate of drug-likeness (QED) is 0.135. The molecule has 3 saturated heterocycles. The van der Waals surface area contributed by atoms with Crippen molar-refractivity contribution in [2.24, 2.45) is 5.73 Å². The van der Waals surface area contributed by atoms with Crippen molar-refractivity contribution in [3.05, 3.63) is 105 Å². The topological polar surface area (TPSA) is 171 Å². The van der Waals surface area contributed by atoms with Crippen molar-refractivity contribution in [3.63, 3.8) is 0 Å². The number of hydrogen-bond acceptors (Lipinski definition) is 12. The second-order valence-electron chi connectivity index (χ2n) is 11.5. The summed E-state index contributed by atoms with van der Waals surface area (Å²) in [5.41, 5.74) is 8.10. The molecule has 16 heteroatoms. The fourth-order valence-electron chi connectivity index (χ4n) is 5.37. The number of amides is 3. The van der Waals surface area contributed by atoms with Crippen LogP contribution >= 0.6 is 48.0 Å². The zero-order valence-corrected chi connectivity index (χ0v) is 30.6. The third-order valence-electron chi connectivity index (χ3n) is 8.02. The fraction of sp³-hybridized carbons (Fsp3) is 0.167. The van der Waals surface area contributed by atoms with Crippen LogP contribution in [0.15, 0.2) is 91.4 Å². The number of aromatic carboxylic acids is 1. The molecule has 266 valence electrons. The maximum atomic E-state index is 12.8. The van der Waals surface area contributed by atoms with Crippen molar-refractivity contribution in [2.75, 3.05) is 39.3 Å². The highest BCUT2D eigenvalue weighted by atomic mass is 32.2. The smallest absolute Gasteiger partial charge is 0.335 e. The van der Waals surface area contributed by atoms with Gasteiger partial charge in [0.2, 0.25) is 0 Å². The molecule has 0 radical (unpaired) electrons. The number of nitrogens with two attached hydrogens (primary N) is 1. The van der Waals surface area contributed by atoms with E-state index in [2.05, 4.69) is 15.5 Å². The minimum Gasteiger partial charge on any atom is -0.478 e. The van der Waals surface area contributed by atoms with Gasteiger partial charge in [-0.2, -0.15) is 0 Å². The number of carboxylic acids is 1. The summed E-state index contributed by atoms with van der Waals surface area (Å²) in [5.74, 6) is 0.976. The van der Waals surface area contributed by atoms with Crippen LogP contribution in [0.5, 0.6) is 0 Å². The molecule has 7 rings (SSSR count). The zero-order chi connectivity index (χ0) is 36.8. The first kappa shape index (κ1) is 36.9. The third kappa shape index (κ3) is 9.14. The molecule has 3 amide bonds. The van der Waals surface area contributed by atoms with Crippen molar-refractivity contribution in [2.45, 2.75) is 0 Å². The highest BCUT2D eigenvalue weighted by Crippen LogP contribution is 2.30. The van der Waals surface area contributed by atoms with E-state index in [0.717, 1.165) is 30.8 Å². The molecule has 0 atom stereocenters. The first-order valence-electron chi connectivity index (χ1n) is 15.9. The van der Waals surface area contributed by atoms with Gasteiger partial charge in [-0.1, -0.05) is 72.2 Å². The summed E-state index contributed by atoms with van der Waals surface area (Å²) in [7, 11) is 0. The maximum absolute atomic E-state index is 12.8. The van der Waals surface area contributed by atoms with Crippen LogP contribution in [0.4, 0.5) is 0 Å². The molecule has 52 heavy (non-hydrogen) atoms. The van der Waals surface area contributed by atoms with E-state index in [1.54, 1.807) is 42.5 Å². The van der Waals surface area contributed by atoms with Crippen LogP contribution < -0.4 is 16.4 Å². The molecule has 3 aliphatic rings. The van der Waals surface area contributed by atoms with Crippen molar-refractivity contribution in [1.82, 2.24) is 20.4 Å². The van der Waals surface area contributed by atoms with E-state index >= 15 is 0 Å². The van der Waals surface area contributed by atoms with Gasteiger partial charge >= 0.3 is 5.97 Å². The lowest BCUT2D eigenvalue weighted by Crippen LogP contribution is -2.49. The number of thioether (sulfide) groups is 2. The Kier molecular flexibility index (Phi) is 11.8. The second kappa shape index (κ2) is 16.7. The van der Waals surface area contributed by atoms with E-state index in [0.29, 0.717) is 66.7 Å². The molecule has 0 unspecified atom stereocenters. The Morgan fingerprint density at radius 1 is 0.731 bits per heavy atom. The molecule has 0 spiro atoms.